The highest BCUT2D eigenvalue weighted by Crippen LogP contribution is 2.30. The van der Waals surface area contributed by atoms with Crippen LogP contribution in [-0.2, 0) is 6.54 Å². The number of hydrogen-bond donors (Lipinski definition) is 1. The molecular weight excluding hydrogens is 282 g/mol. The molecule has 17 heavy (non-hydrogen) atoms. The smallest absolute Gasteiger partial charge is 0.283 e. The summed E-state index contributed by atoms with van der Waals surface area (Å²) in [6, 6.07) is 0.340. The quantitative estimate of drug-likeness (QED) is 0.909. The summed E-state index contributed by atoms with van der Waals surface area (Å²) in [5.41, 5.74) is 0.751. The third-order valence-corrected chi connectivity index (χ3v) is 3.89. The lowest BCUT2D eigenvalue weighted by atomic mass is 10.2. The molecular formula is C12H18BrN3O. The van der Waals surface area contributed by atoms with Gasteiger partial charge in [-0.2, -0.15) is 5.10 Å². The molecule has 1 aliphatic rings. The molecule has 2 rings (SSSR count). The Morgan fingerprint density at radius 3 is 2.94 bits per heavy atom. The lowest BCUT2D eigenvalue weighted by molar-refractivity contribution is 0.531. The zero-order valence-corrected chi connectivity index (χ0v) is 11.8. The molecule has 1 saturated carbocycles. The number of rotatable bonds is 5. The van der Waals surface area contributed by atoms with Crippen LogP contribution >= 0.6 is 15.9 Å². The Hall–Kier alpha value is -0.840. The van der Waals surface area contributed by atoms with E-state index in [1.165, 1.54) is 12.8 Å². The van der Waals surface area contributed by atoms with Gasteiger partial charge in [-0.25, -0.2) is 4.68 Å². The fraction of sp³-hybridized carbons (Fsp3) is 0.667. The van der Waals surface area contributed by atoms with E-state index in [-0.39, 0.29) is 5.56 Å². The van der Waals surface area contributed by atoms with Crippen LogP contribution in [0.15, 0.2) is 15.5 Å². The summed E-state index contributed by atoms with van der Waals surface area (Å²) >= 11 is 3.36. The third-order valence-electron chi connectivity index (χ3n) is 3.13. The third kappa shape index (κ3) is 3.09. The Balaban J connectivity index is 2.19. The molecule has 0 bridgehead atoms. The first-order chi connectivity index (χ1) is 8.11. The van der Waals surface area contributed by atoms with E-state index in [2.05, 4.69) is 40.2 Å². The summed E-state index contributed by atoms with van der Waals surface area (Å²) in [6.45, 7) is 4.94. The maximum Gasteiger partial charge on any atom is 0.283 e. The van der Waals surface area contributed by atoms with Crippen LogP contribution in [0.25, 0.3) is 0 Å². The van der Waals surface area contributed by atoms with Gasteiger partial charge < -0.3 is 5.32 Å². The second kappa shape index (κ2) is 5.21. The summed E-state index contributed by atoms with van der Waals surface area (Å²) < 4.78 is 2.15. The molecule has 1 unspecified atom stereocenters. The number of nitrogens with one attached hydrogen (secondary N) is 1. The predicted octanol–water partition coefficient (Wildman–Crippen LogP) is 2.63. The summed E-state index contributed by atoms with van der Waals surface area (Å²) in [5.74, 6) is 0.653. The fourth-order valence-corrected chi connectivity index (χ4v) is 2.03. The van der Waals surface area contributed by atoms with Crippen LogP contribution in [0, 0.1) is 5.92 Å². The van der Waals surface area contributed by atoms with E-state index in [4.69, 9.17) is 0 Å². The molecule has 1 heterocycles. The summed E-state index contributed by atoms with van der Waals surface area (Å²) in [5, 5.41) is 7.49. The van der Waals surface area contributed by atoms with Crippen molar-refractivity contribution in [3.63, 3.8) is 0 Å². The number of nitrogens with zero attached hydrogens (tertiary/aromatic N) is 2. The second-order valence-corrected chi connectivity index (χ2v) is 5.55. The first kappa shape index (κ1) is 12.6. The topological polar surface area (TPSA) is 46.9 Å². The van der Waals surface area contributed by atoms with E-state index in [1.807, 2.05) is 0 Å². The molecule has 1 atom stereocenters. The highest BCUT2D eigenvalue weighted by Gasteiger charge is 2.23. The van der Waals surface area contributed by atoms with Gasteiger partial charge in [-0.15, -0.1) is 0 Å². The van der Waals surface area contributed by atoms with Crippen molar-refractivity contribution in [3.8, 4) is 0 Å². The van der Waals surface area contributed by atoms with Gasteiger partial charge in [-0.3, -0.25) is 4.79 Å². The number of anilines is 1. The first-order valence-electron chi connectivity index (χ1n) is 6.14. The van der Waals surface area contributed by atoms with Crippen molar-refractivity contribution in [2.24, 2.45) is 5.92 Å². The molecule has 0 amide bonds. The van der Waals surface area contributed by atoms with Gasteiger partial charge in [-0.05, 0) is 48.0 Å². The van der Waals surface area contributed by atoms with Gasteiger partial charge >= 0.3 is 0 Å². The molecule has 1 N–H and O–H groups in total. The lowest BCUT2D eigenvalue weighted by Gasteiger charge is -2.14. The number of hydrogen-bond acceptors (Lipinski definition) is 3. The number of halogens is 1. The molecule has 0 saturated heterocycles. The Kier molecular flexibility index (Phi) is 3.86. The Morgan fingerprint density at radius 1 is 1.65 bits per heavy atom. The van der Waals surface area contributed by atoms with Gasteiger partial charge in [-0.1, -0.05) is 6.92 Å². The Labute approximate surface area is 110 Å². The number of aromatic nitrogens is 2. The molecule has 4 nitrogen and oxygen atoms in total. The molecule has 1 fully saturated rings. The minimum absolute atomic E-state index is 0.0368. The van der Waals surface area contributed by atoms with E-state index in [0.717, 1.165) is 18.7 Å². The zero-order valence-electron chi connectivity index (χ0n) is 10.2. The van der Waals surface area contributed by atoms with Crippen LogP contribution in [0.5, 0.6) is 0 Å². The first-order valence-corrected chi connectivity index (χ1v) is 6.93. The van der Waals surface area contributed by atoms with Crippen LogP contribution < -0.4 is 10.9 Å². The molecule has 0 aromatic carbocycles. The van der Waals surface area contributed by atoms with Crippen molar-refractivity contribution >= 4 is 21.6 Å². The average molecular weight is 300 g/mol. The van der Waals surface area contributed by atoms with Crippen LogP contribution in [-0.4, -0.2) is 15.8 Å². The van der Waals surface area contributed by atoms with E-state index in [9.17, 15) is 4.79 Å². The second-order valence-electron chi connectivity index (χ2n) is 4.76. The maximum atomic E-state index is 12.0. The van der Waals surface area contributed by atoms with E-state index < -0.39 is 0 Å². The van der Waals surface area contributed by atoms with E-state index in [0.29, 0.717) is 16.4 Å². The lowest BCUT2D eigenvalue weighted by Crippen LogP contribution is -2.26. The molecule has 0 spiro atoms. The van der Waals surface area contributed by atoms with E-state index in [1.54, 1.807) is 10.9 Å². The minimum Gasteiger partial charge on any atom is -0.380 e. The monoisotopic (exact) mass is 299 g/mol. The van der Waals surface area contributed by atoms with Gasteiger partial charge in [0.05, 0.1) is 11.9 Å². The van der Waals surface area contributed by atoms with Crippen LogP contribution in [0.4, 0.5) is 5.69 Å². The highest BCUT2D eigenvalue weighted by molar-refractivity contribution is 9.10. The molecule has 1 aromatic rings. The molecule has 94 valence electrons. The van der Waals surface area contributed by atoms with E-state index >= 15 is 0 Å². The average Bonchev–Trinajstić information content (AvgIpc) is 3.12. The highest BCUT2D eigenvalue weighted by atomic mass is 79.9. The normalized spacial score (nSPS) is 16.9. The minimum atomic E-state index is -0.0368. The van der Waals surface area contributed by atoms with Crippen LogP contribution in [0.3, 0.4) is 0 Å². The van der Waals surface area contributed by atoms with Gasteiger partial charge in [0.25, 0.3) is 5.56 Å². The predicted molar refractivity (Wildman–Crippen MR) is 72.3 cm³/mol. The molecule has 1 aliphatic carbocycles. The van der Waals surface area contributed by atoms with Crippen molar-refractivity contribution in [2.45, 2.75) is 45.7 Å². The van der Waals surface area contributed by atoms with Gasteiger partial charge in [0.2, 0.25) is 0 Å². The molecule has 0 aliphatic heterocycles. The standard InChI is InChI=1S/C12H18BrN3O/c1-3-8(2)15-10-6-14-16(7-9-4-5-9)12(17)11(10)13/h6,8-9,15H,3-5,7H2,1-2H3. The van der Waals surface area contributed by atoms with Gasteiger partial charge in [0, 0.05) is 12.6 Å². The Bertz CT molecular complexity index is 454. The molecule has 5 heteroatoms. The Morgan fingerprint density at radius 2 is 2.35 bits per heavy atom. The van der Waals surface area contributed by atoms with Crippen molar-refractivity contribution in [1.29, 1.82) is 0 Å². The summed E-state index contributed by atoms with van der Waals surface area (Å²) in [6.07, 6.45) is 5.19. The van der Waals surface area contributed by atoms with Gasteiger partial charge in [0.15, 0.2) is 0 Å². The molecule has 0 radical (unpaired) electrons. The van der Waals surface area contributed by atoms with Crippen molar-refractivity contribution < 1.29 is 0 Å². The van der Waals surface area contributed by atoms with Gasteiger partial charge in [0.1, 0.15) is 4.47 Å². The van der Waals surface area contributed by atoms with Crippen LogP contribution in [0.2, 0.25) is 0 Å². The van der Waals surface area contributed by atoms with Crippen molar-refractivity contribution in [1.82, 2.24) is 9.78 Å². The van der Waals surface area contributed by atoms with Crippen LogP contribution in [0.1, 0.15) is 33.1 Å². The maximum absolute atomic E-state index is 12.0. The largest absolute Gasteiger partial charge is 0.380 e. The summed E-state index contributed by atoms with van der Waals surface area (Å²) in [4.78, 5) is 12.0. The zero-order chi connectivity index (χ0) is 12.4. The van der Waals surface area contributed by atoms with Crippen molar-refractivity contribution in [3.05, 3.63) is 21.0 Å². The SMILES string of the molecule is CCC(C)Nc1cnn(CC2CC2)c(=O)c1Br. The summed E-state index contributed by atoms with van der Waals surface area (Å²) in [7, 11) is 0. The van der Waals surface area contributed by atoms with Crippen molar-refractivity contribution in [2.75, 3.05) is 5.32 Å². The fourth-order valence-electron chi connectivity index (χ4n) is 1.61. The molecule has 1 aromatic heterocycles.